The largest absolute Gasteiger partial charge is 0.352 e. The summed E-state index contributed by atoms with van der Waals surface area (Å²) in [4.78, 5) is 12.8. The van der Waals surface area contributed by atoms with Crippen molar-refractivity contribution in [2.45, 2.75) is 51.4 Å². The van der Waals surface area contributed by atoms with E-state index in [2.05, 4.69) is 10.1 Å². The minimum absolute atomic E-state index is 0.173. The molecule has 28 heavy (non-hydrogen) atoms. The van der Waals surface area contributed by atoms with Crippen molar-refractivity contribution in [2.24, 2.45) is 5.92 Å². The molecule has 1 aliphatic rings. The van der Waals surface area contributed by atoms with E-state index in [0.29, 0.717) is 40.9 Å². The number of hydrogen-bond donors (Lipinski definition) is 1. The van der Waals surface area contributed by atoms with E-state index in [0.717, 1.165) is 12.8 Å². The van der Waals surface area contributed by atoms with Gasteiger partial charge >= 0.3 is 6.61 Å². The van der Waals surface area contributed by atoms with Gasteiger partial charge in [0.2, 0.25) is 0 Å². The standard InChI is InChI=1S/C20H24ClF3N2O2/c1-20(24)7-5-13(6-8-20)11-25-18(27)14-12-26(9-10-28-19(22)23)16-4-2-3-15(21)17(14)16/h2-4,12-13,19H,5-11H2,1H3,(H,25,27). The van der Waals surface area contributed by atoms with Gasteiger partial charge in [0.1, 0.15) is 5.67 Å². The number of rotatable bonds is 7. The van der Waals surface area contributed by atoms with Gasteiger partial charge in [-0.15, -0.1) is 0 Å². The third-order valence-corrected chi connectivity index (χ3v) is 5.69. The highest BCUT2D eigenvalue weighted by molar-refractivity contribution is 6.36. The number of carbonyl (C=O) groups excluding carboxylic acids is 1. The number of amides is 1. The average molecular weight is 417 g/mol. The van der Waals surface area contributed by atoms with Crippen LogP contribution in [0.15, 0.2) is 24.4 Å². The average Bonchev–Trinajstić information content (AvgIpc) is 3.00. The fourth-order valence-electron chi connectivity index (χ4n) is 3.72. The molecule has 0 radical (unpaired) electrons. The minimum atomic E-state index is -2.84. The van der Waals surface area contributed by atoms with Crippen LogP contribution in [0.25, 0.3) is 10.9 Å². The van der Waals surface area contributed by atoms with Gasteiger partial charge in [0.05, 0.1) is 22.7 Å². The Bertz CT molecular complexity index is 828. The maximum atomic E-state index is 13.9. The van der Waals surface area contributed by atoms with Crippen LogP contribution in [0.3, 0.4) is 0 Å². The maximum Gasteiger partial charge on any atom is 0.345 e. The Morgan fingerprint density at radius 1 is 1.39 bits per heavy atom. The first-order valence-corrected chi connectivity index (χ1v) is 9.79. The normalized spacial score (nSPS) is 22.7. The summed E-state index contributed by atoms with van der Waals surface area (Å²) in [7, 11) is 0. The molecule has 4 nitrogen and oxygen atoms in total. The van der Waals surface area contributed by atoms with Gasteiger partial charge in [-0.1, -0.05) is 17.7 Å². The Hall–Kier alpha value is -1.73. The number of benzene rings is 1. The zero-order valence-electron chi connectivity index (χ0n) is 15.7. The van der Waals surface area contributed by atoms with E-state index < -0.39 is 12.3 Å². The Labute approximate surface area is 167 Å². The highest BCUT2D eigenvalue weighted by Gasteiger charge is 2.30. The molecule has 1 fully saturated rings. The van der Waals surface area contributed by atoms with Crippen molar-refractivity contribution in [2.75, 3.05) is 13.2 Å². The molecular weight excluding hydrogens is 393 g/mol. The predicted octanol–water partition coefficient (Wildman–Crippen LogP) is 5.18. The number of ether oxygens (including phenoxy) is 1. The Morgan fingerprint density at radius 3 is 2.79 bits per heavy atom. The van der Waals surface area contributed by atoms with Crippen molar-refractivity contribution < 1.29 is 22.7 Å². The number of halogens is 4. The molecular formula is C20H24ClF3N2O2. The zero-order chi connectivity index (χ0) is 20.3. The molecule has 0 spiro atoms. The lowest BCUT2D eigenvalue weighted by atomic mass is 9.81. The molecule has 154 valence electrons. The van der Waals surface area contributed by atoms with Crippen molar-refractivity contribution in [3.05, 3.63) is 35.0 Å². The minimum Gasteiger partial charge on any atom is -0.352 e. The molecule has 1 heterocycles. The van der Waals surface area contributed by atoms with Crippen molar-refractivity contribution >= 4 is 28.4 Å². The quantitative estimate of drug-likeness (QED) is 0.675. The highest BCUT2D eigenvalue weighted by Crippen LogP contribution is 2.34. The number of carbonyl (C=O) groups is 1. The number of nitrogens with zero attached hydrogens (tertiary/aromatic N) is 1. The first kappa shape index (κ1) is 21.0. The van der Waals surface area contributed by atoms with Crippen LogP contribution in [0.4, 0.5) is 13.2 Å². The molecule has 2 aromatic rings. The number of fused-ring (bicyclic) bond motifs is 1. The zero-order valence-corrected chi connectivity index (χ0v) is 16.4. The summed E-state index contributed by atoms with van der Waals surface area (Å²) in [6.07, 6.45) is 4.09. The van der Waals surface area contributed by atoms with Crippen LogP contribution in [0.1, 0.15) is 43.0 Å². The molecule has 1 N–H and O–H groups in total. The Kier molecular flexibility index (Phi) is 6.55. The topological polar surface area (TPSA) is 43.3 Å². The van der Waals surface area contributed by atoms with Crippen molar-refractivity contribution in [3.8, 4) is 0 Å². The van der Waals surface area contributed by atoms with Gasteiger partial charge in [0.15, 0.2) is 0 Å². The molecule has 1 amide bonds. The van der Waals surface area contributed by atoms with Gasteiger partial charge in [-0.25, -0.2) is 4.39 Å². The first-order valence-electron chi connectivity index (χ1n) is 9.41. The summed E-state index contributed by atoms with van der Waals surface area (Å²) in [6.45, 7) is -0.753. The van der Waals surface area contributed by atoms with E-state index in [9.17, 15) is 18.0 Å². The van der Waals surface area contributed by atoms with Crippen LogP contribution in [-0.2, 0) is 11.3 Å². The van der Waals surface area contributed by atoms with Crippen LogP contribution >= 0.6 is 11.6 Å². The number of nitrogens with one attached hydrogen (secondary N) is 1. The summed E-state index contributed by atoms with van der Waals surface area (Å²) < 4.78 is 44.4. The van der Waals surface area contributed by atoms with E-state index in [1.54, 1.807) is 35.9 Å². The van der Waals surface area contributed by atoms with E-state index in [4.69, 9.17) is 11.6 Å². The van der Waals surface area contributed by atoms with Crippen LogP contribution in [-0.4, -0.2) is 35.9 Å². The summed E-state index contributed by atoms with van der Waals surface area (Å²) >= 11 is 6.30. The lowest BCUT2D eigenvalue weighted by Gasteiger charge is -2.31. The summed E-state index contributed by atoms with van der Waals surface area (Å²) in [5.74, 6) is -0.0312. The second-order valence-electron chi connectivity index (χ2n) is 7.57. The first-order chi connectivity index (χ1) is 13.3. The van der Waals surface area contributed by atoms with Crippen molar-refractivity contribution in [1.29, 1.82) is 0 Å². The fraction of sp³-hybridized carbons (Fsp3) is 0.550. The third kappa shape index (κ3) is 5.00. The Morgan fingerprint density at radius 2 is 2.11 bits per heavy atom. The van der Waals surface area contributed by atoms with E-state index >= 15 is 0 Å². The van der Waals surface area contributed by atoms with Gasteiger partial charge in [-0.3, -0.25) is 4.79 Å². The summed E-state index contributed by atoms with van der Waals surface area (Å²) in [6, 6.07) is 5.21. The molecule has 1 saturated carbocycles. The van der Waals surface area contributed by atoms with Crippen molar-refractivity contribution in [1.82, 2.24) is 9.88 Å². The molecule has 0 bridgehead atoms. The molecule has 0 aliphatic heterocycles. The molecule has 3 rings (SSSR count). The SMILES string of the molecule is CC1(F)CCC(CNC(=O)c2cn(CCOC(F)F)c3cccc(Cl)c23)CC1. The summed E-state index contributed by atoms with van der Waals surface area (Å²) in [5, 5.41) is 3.92. The van der Waals surface area contributed by atoms with Gasteiger partial charge in [-0.05, 0) is 50.7 Å². The summed E-state index contributed by atoms with van der Waals surface area (Å²) in [5.41, 5.74) is -0.0351. The molecule has 0 atom stereocenters. The van der Waals surface area contributed by atoms with Crippen LogP contribution in [0.2, 0.25) is 5.02 Å². The lowest BCUT2D eigenvalue weighted by molar-refractivity contribution is -0.130. The second kappa shape index (κ2) is 8.74. The third-order valence-electron chi connectivity index (χ3n) is 5.37. The molecule has 1 aliphatic carbocycles. The van der Waals surface area contributed by atoms with Gasteiger partial charge in [0, 0.05) is 24.7 Å². The monoisotopic (exact) mass is 416 g/mol. The number of aromatic nitrogens is 1. The van der Waals surface area contributed by atoms with E-state index in [1.807, 2.05) is 0 Å². The van der Waals surface area contributed by atoms with Gasteiger partial charge in [0.25, 0.3) is 5.91 Å². The molecule has 0 saturated heterocycles. The maximum absolute atomic E-state index is 13.9. The van der Waals surface area contributed by atoms with E-state index in [-0.39, 0.29) is 25.0 Å². The molecule has 8 heteroatoms. The Balaban J connectivity index is 1.71. The predicted molar refractivity (Wildman–Crippen MR) is 103 cm³/mol. The van der Waals surface area contributed by atoms with Crippen LogP contribution in [0, 0.1) is 5.92 Å². The second-order valence-corrected chi connectivity index (χ2v) is 7.98. The van der Waals surface area contributed by atoms with E-state index in [1.165, 1.54) is 0 Å². The lowest BCUT2D eigenvalue weighted by Crippen LogP contribution is -2.34. The molecule has 0 unspecified atom stereocenters. The van der Waals surface area contributed by atoms with Gasteiger partial charge < -0.3 is 14.6 Å². The smallest absolute Gasteiger partial charge is 0.345 e. The molecule has 1 aromatic heterocycles. The number of alkyl halides is 3. The molecule has 1 aromatic carbocycles. The van der Waals surface area contributed by atoms with Crippen LogP contribution < -0.4 is 5.32 Å². The highest BCUT2D eigenvalue weighted by atomic mass is 35.5. The van der Waals surface area contributed by atoms with Crippen LogP contribution in [0.5, 0.6) is 0 Å². The fourth-order valence-corrected chi connectivity index (χ4v) is 3.99. The van der Waals surface area contributed by atoms with Gasteiger partial charge in [-0.2, -0.15) is 8.78 Å². The van der Waals surface area contributed by atoms with Crippen molar-refractivity contribution in [3.63, 3.8) is 0 Å². The number of hydrogen-bond acceptors (Lipinski definition) is 2.